The van der Waals surface area contributed by atoms with Crippen LogP contribution in [0.25, 0.3) is 11.3 Å². The number of pyridine rings is 1. The zero-order valence-electron chi connectivity index (χ0n) is 18.0. The maximum atomic E-state index is 13.1. The average molecular weight is 432 g/mol. The first kappa shape index (κ1) is 20.3. The van der Waals surface area contributed by atoms with Crippen molar-refractivity contribution in [1.29, 1.82) is 0 Å². The lowest BCUT2D eigenvalue weighted by Crippen LogP contribution is -2.51. The molecule has 4 heterocycles. The molecule has 1 atom stereocenters. The van der Waals surface area contributed by atoms with Gasteiger partial charge in [-0.2, -0.15) is 5.10 Å². The summed E-state index contributed by atoms with van der Waals surface area (Å²) in [4.78, 5) is 33.5. The van der Waals surface area contributed by atoms with Gasteiger partial charge in [0.25, 0.3) is 5.56 Å². The average Bonchev–Trinajstić information content (AvgIpc) is 3.30. The van der Waals surface area contributed by atoms with Gasteiger partial charge >= 0.3 is 0 Å². The summed E-state index contributed by atoms with van der Waals surface area (Å²) in [6.45, 7) is 4.21. The molecule has 0 N–H and O–H groups in total. The van der Waals surface area contributed by atoms with Crippen molar-refractivity contribution >= 4 is 11.7 Å². The van der Waals surface area contributed by atoms with Crippen molar-refractivity contribution in [2.45, 2.75) is 32.2 Å². The molecule has 9 nitrogen and oxygen atoms in total. The summed E-state index contributed by atoms with van der Waals surface area (Å²) in [5, 5.41) is 13.2. The van der Waals surface area contributed by atoms with Crippen LogP contribution in [-0.4, -0.2) is 61.9 Å². The first-order chi connectivity index (χ1) is 15.6. The summed E-state index contributed by atoms with van der Waals surface area (Å²) in [7, 11) is 0. The predicted molar refractivity (Wildman–Crippen MR) is 119 cm³/mol. The van der Waals surface area contributed by atoms with Crippen molar-refractivity contribution in [3.05, 3.63) is 64.3 Å². The van der Waals surface area contributed by atoms with E-state index in [1.54, 1.807) is 30.3 Å². The van der Waals surface area contributed by atoms with Crippen LogP contribution in [0.4, 0.5) is 5.82 Å². The molecular formula is C23H25N7O2. The molecular weight excluding hydrogens is 406 g/mol. The summed E-state index contributed by atoms with van der Waals surface area (Å²) in [6, 6.07) is 8.73. The van der Waals surface area contributed by atoms with Crippen molar-refractivity contribution in [3.63, 3.8) is 0 Å². The molecule has 0 saturated carbocycles. The van der Waals surface area contributed by atoms with Gasteiger partial charge in [0.1, 0.15) is 6.04 Å². The molecule has 2 aliphatic rings. The number of amides is 1. The van der Waals surface area contributed by atoms with E-state index in [0.29, 0.717) is 26.2 Å². The summed E-state index contributed by atoms with van der Waals surface area (Å²) in [5.41, 5.74) is 3.54. The van der Waals surface area contributed by atoms with Gasteiger partial charge in [-0.15, -0.1) is 10.2 Å². The van der Waals surface area contributed by atoms with Crippen LogP contribution in [0.15, 0.2) is 47.5 Å². The highest BCUT2D eigenvalue weighted by Gasteiger charge is 2.28. The molecule has 0 radical (unpaired) electrons. The summed E-state index contributed by atoms with van der Waals surface area (Å²) in [5.74, 6) is 0.718. The lowest BCUT2D eigenvalue weighted by atomic mass is 10.2. The second-order valence-corrected chi connectivity index (χ2v) is 8.25. The van der Waals surface area contributed by atoms with Gasteiger partial charge in [-0.1, -0.05) is 0 Å². The van der Waals surface area contributed by atoms with Crippen LogP contribution >= 0.6 is 0 Å². The number of hydrogen-bond donors (Lipinski definition) is 0. The molecule has 5 rings (SSSR count). The van der Waals surface area contributed by atoms with Crippen LogP contribution < -0.4 is 10.5 Å². The Bertz CT molecular complexity index is 1170. The molecule has 1 aliphatic heterocycles. The molecule has 1 saturated heterocycles. The standard InChI is InChI=1S/C23H25N7O2/c1-16(30-22(31)15-18-3-2-4-20(18)27-30)23(32)29-13-11-28(12-14-29)21-6-5-19(25-26-21)17-7-9-24-10-8-17/h5-10,15-16H,2-4,11-14H2,1H3. The highest BCUT2D eigenvalue weighted by Crippen LogP contribution is 2.21. The number of carbonyl (C=O) groups is 1. The highest BCUT2D eigenvalue weighted by molar-refractivity contribution is 5.80. The van der Waals surface area contributed by atoms with Gasteiger partial charge in [-0.05, 0) is 56.0 Å². The van der Waals surface area contributed by atoms with E-state index in [9.17, 15) is 9.59 Å². The fourth-order valence-electron chi connectivity index (χ4n) is 4.39. The Morgan fingerprint density at radius 1 is 1.00 bits per heavy atom. The van der Waals surface area contributed by atoms with Crippen LogP contribution in [-0.2, 0) is 17.6 Å². The Morgan fingerprint density at radius 3 is 2.50 bits per heavy atom. The molecule has 3 aromatic rings. The third-order valence-corrected chi connectivity index (χ3v) is 6.25. The summed E-state index contributed by atoms with van der Waals surface area (Å²) in [6.07, 6.45) is 6.25. The van der Waals surface area contributed by atoms with Gasteiger partial charge in [0.2, 0.25) is 5.91 Å². The van der Waals surface area contributed by atoms with Gasteiger partial charge in [0, 0.05) is 50.2 Å². The zero-order chi connectivity index (χ0) is 22.1. The number of piperazine rings is 1. The van der Waals surface area contributed by atoms with Crippen molar-refractivity contribution in [2.75, 3.05) is 31.1 Å². The number of aryl methyl sites for hydroxylation is 2. The number of hydrogen-bond acceptors (Lipinski definition) is 7. The van der Waals surface area contributed by atoms with Crippen LogP contribution in [0, 0.1) is 0 Å². The van der Waals surface area contributed by atoms with E-state index in [1.807, 2.05) is 24.3 Å². The second kappa shape index (κ2) is 8.49. The number of aromatic nitrogens is 5. The highest BCUT2D eigenvalue weighted by atomic mass is 16.2. The van der Waals surface area contributed by atoms with Crippen molar-refractivity contribution < 1.29 is 4.79 Å². The Labute approximate surface area is 185 Å². The molecule has 3 aromatic heterocycles. The molecule has 1 fully saturated rings. The van der Waals surface area contributed by atoms with Gasteiger partial charge in [0.15, 0.2) is 5.82 Å². The Kier molecular flexibility index (Phi) is 5.38. The molecule has 164 valence electrons. The Morgan fingerprint density at radius 2 is 1.78 bits per heavy atom. The van der Waals surface area contributed by atoms with Gasteiger partial charge in [-0.25, -0.2) is 4.68 Å². The number of fused-ring (bicyclic) bond motifs is 1. The maximum absolute atomic E-state index is 13.1. The van der Waals surface area contributed by atoms with Gasteiger partial charge < -0.3 is 9.80 Å². The molecule has 0 aromatic carbocycles. The van der Waals surface area contributed by atoms with E-state index in [4.69, 9.17) is 0 Å². The third-order valence-electron chi connectivity index (χ3n) is 6.25. The number of anilines is 1. The van der Waals surface area contributed by atoms with Crippen LogP contribution in [0.3, 0.4) is 0 Å². The fraction of sp³-hybridized carbons (Fsp3) is 0.391. The summed E-state index contributed by atoms with van der Waals surface area (Å²) >= 11 is 0. The van der Waals surface area contributed by atoms with E-state index in [0.717, 1.165) is 47.6 Å². The van der Waals surface area contributed by atoms with E-state index in [-0.39, 0.29) is 11.5 Å². The topological polar surface area (TPSA) is 97.1 Å². The van der Waals surface area contributed by atoms with Crippen molar-refractivity contribution in [2.24, 2.45) is 0 Å². The van der Waals surface area contributed by atoms with Crippen LogP contribution in [0.1, 0.15) is 30.6 Å². The quantitative estimate of drug-likeness (QED) is 0.617. The summed E-state index contributed by atoms with van der Waals surface area (Å²) < 4.78 is 1.35. The van der Waals surface area contributed by atoms with E-state index in [2.05, 4.69) is 25.2 Å². The van der Waals surface area contributed by atoms with E-state index >= 15 is 0 Å². The van der Waals surface area contributed by atoms with Crippen molar-refractivity contribution in [1.82, 2.24) is 29.9 Å². The first-order valence-electron chi connectivity index (χ1n) is 11.0. The minimum atomic E-state index is -0.612. The number of nitrogens with zero attached hydrogens (tertiary/aromatic N) is 7. The van der Waals surface area contributed by atoms with Crippen LogP contribution in [0.5, 0.6) is 0 Å². The monoisotopic (exact) mass is 431 g/mol. The van der Waals surface area contributed by atoms with E-state index in [1.165, 1.54) is 4.68 Å². The first-order valence-corrected chi connectivity index (χ1v) is 11.0. The normalized spacial score (nSPS) is 16.7. The zero-order valence-corrected chi connectivity index (χ0v) is 18.0. The smallest absolute Gasteiger partial charge is 0.267 e. The fourth-order valence-corrected chi connectivity index (χ4v) is 4.39. The Hall–Kier alpha value is -3.62. The largest absolute Gasteiger partial charge is 0.352 e. The molecule has 1 unspecified atom stereocenters. The SMILES string of the molecule is CC(C(=O)N1CCN(c2ccc(-c3ccncc3)nn2)CC1)n1nc2c(cc1=O)CCC2. The minimum Gasteiger partial charge on any atom is -0.352 e. The maximum Gasteiger partial charge on any atom is 0.267 e. The second-order valence-electron chi connectivity index (χ2n) is 8.25. The third kappa shape index (κ3) is 3.86. The number of carbonyl (C=O) groups excluding carboxylic acids is 1. The molecule has 1 amide bonds. The predicted octanol–water partition coefficient (Wildman–Crippen LogP) is 1.49. The molecule has 32 heavy (non-hydrogen) atoms. The lowest BCUT2D eigenvalue weighted by molar-refractivity contribution is -0.135. The van der Waals surface area contributed by atoms with Crippen molar-refractivity contribution in [3.8, 4) is 11.3 Å². The van der Waals surface area contributed by atoms with Gasteiger partial charge in [0.05, 0.1) is 11.4 Å². The number of rotatable bonds is 4. The lowest BCUT2D eigenvalue weighted by Gasteiger charge is -2.36. The molecule has 0 spiro atoms. The minimum absolute atomic E-state index is 0.0729. The van der Waals surface area contributed by atoms with E-state index < -0.39 is 6.04 Å². The molecule has 1 aliphatic carbocycles. The molecule has 0 bridgehead atoms. The Balaban J connectivity index is 1.23. The molecule has 9 heteroatoms. The van der Waals surface area contributed by atoms with Crippen LogP contribution in [0.2, 0.25) is 0 Å². The van der Waals surface area contributed by atoms with Gasteiger partial charge in [-0.3, -0.25) is 14.6 Å².